The lowest BCUT2D eigenvalue weighted by molar-refractivity contribution is 0.308. The maximum Gasteiger partial charge on any atom is 0.325 e. The van der Waals surface area contributed by atoms with Crippen molar-refractivity contribution in [2.45, 2.75) is 6.42 Å². The van der Waals surface area contributed by atoms with Gasteiger partial charge in [0.05, 0.1) is 19.9 Å². The molecule has 1 rings (SSSR count). The van der Waals surface area contributed by atoms with Gasteiger partial charge in [0, 0.05) is 0 Å². The van der Waals surface area contributed by atoms with E-state index < -0.39 is 7.60 Å². The van der Waals surface area contributed by atoms with Crippen molar-refractivity contribution < 1.29 is 23.8 Å². The minimum absolute atomic E-state index is 0.150. The molecule has 2 N–H and O–H groups in total. The summed E-state index contributed by atoms with van der Waals surface area (Å²) in [5.41, 5.74) is 0. The quantitative estimate of drug-likeness (QED) is 0.589. The van der Waals surface area contributed by atoms with Gasteiger partial charge in [-0.15, -0.1) is 0 Å². The predicted octanol–water partition coefficient (Wildman–Crippen LogP) is 1.64. The van der Waals surface area contributed by atoms with E-state index >= 15 is 0 Å². The van der Waals surface area contributed by atoms with E-state index in [1.54, 1.807) is 31.4 Å². The molecule has 0 aromatic heterocycles. The summed E-state index contributed by atoms with van der Waals surface area (Å²) < 4.78 is 20.8. The molecular formula is C10H15O5P. The van der Waals surface area contributed by atoms with Gasteiger partial charge in [0.2, 0.25) is 0 Å². The average molecular weight is 246 g/mol. The smallest absolute Gasteiger partial charge is 0.325 e. The average Bonchev–Trinajstić information content (AvgIpc) is 2.24. The van der Waals surface area contributed by atoms with Crippen LogP contribution < -0.4 is 9.47 Å². The van der Waals surface area contributed by atoms with Crippen LogP contribution >= 0.6 is 7.60 Å². The van der Waals surface area contributed by atoms with E-state index in [0.29, 0.717) is 12.2 Å². The van der Waals surface area contributed by atoms with Crippen molar-refractivity contribution in [1.29, 1.82) is 0 Å². The molecule has 0 heterocycles. The van der Waals surface area contributed by atoms with Crippen molar-refractivity contribution in [1.82, 2.24) is 0 Å². The number of benzene rings is 1. The van der Waals surface area contributed by atoms with E-state index in [0.717, 1.165) is 5.75 Å². The highest BCUT2D eigenvalue weighted by molar-refractivity contribution is 7.51. The Bertz CT molecular complexity index is 356. The number of hydrogen-bond donors (Lipinski definition) is 2. The summed E-state index contributed by atoms with van der Waals surface area (Å²) in [6.07, 6.45) is 0.180. The fraction of sp³-hybridized carbons (Fsp3) is 0.400. The van der Waals surface area contributed by atoms with Gasteiger partial charge in [-0.25, -0.2) is 0 Å². The van der Waals surface area contributed by atoms with Gasteiger partial charge in [-0.3, -0.25) is 4.57 Å². The molecule has 0 aliphatic heterocycles. The van der Waals surface area contributed by atoms with Crippen LogP contribution in [0.4, 0.5) is 0 Å². The largest absolute Gasteiger partial charge is 0.497 e. The molecule has 5 nitrogen and oxygen atoms in total. The SMILES string of the molecule is COc1ccc(OCCCP(=O)(O)O)cc1. The van der Waals surface area contributed by atoms with E-state index in [4.69, 9.17) is 19.3 Å². The zero-order chi connectivity index (χ0) is 12.0. The number of ether oxygens (including phenoxy) is 2. The van der Waals surface area contributed by atoms with Gasteiger partial charge in [0.15, 0.2) is 0 Å². The van der Waals surface area contributed by atoms with Crippen molar-refractivity contribution in [2.24, 2.45) is 0 Å². The molecule has 1 aromatic rings. The Hall–Kier alpha value is -1.03. The molecule has 0 amide bonds. The van der Waals surface area contributed by atoms with Crippen molar-refractivity contribution in [3.63, 3.8) is 0 Å². The van der Waals surface area contributed by atoms with Gasteiger partial charge in [-0.1, -0.05) is 0 Å². The third-order valence-corrected chi connectivity index (χ3v) is 2.82. The Labute approximate surface area is 94.2 Å². The van der Waals surface area contributed by atoms with Crippen LogP contribution in [0.1, 0.15) is 6.42 Å². The summed E-state index contributed by atoms with van der Waals surface area (Å²) in [6, 6.07) is 7.02. The first-order valence-corrected chi connectivity index (χ1v) is 6.62. The fourth-order valence-electron chi connectivity index (χ4n) is 1.13. The molecule has 0 radical (unpaired) electrons. The minimum atomic E-state index is -3.90. The zero-order valence-corrected chi connectivity index (χ0v) is 9.89. The van der Waals surface area contributed by atoms with Crippen molar-refractivity contribution in [3.8, 4) is 11.5 Å². The first kappa shape index (κ1) is 13.0. The Balaban J connectivity index is 2.29. The standard InChI is InChI=1S/C10H15O5P/c1-14-9-3-5-10(6-4-9)15-7-2-8-16(11,12)13/h3-6H,2,7-8H2,1H3,(H2,11,12,13). The number of rotatable bonds is 6. The van der Waals surface area contributed by atoms with Gasteiger partial charge in [0.25, 0.3) is 0 Å². The van der Waals surface area contributed by atoms with E-state index in [1.807, 2.05) is 0 Å². The molecule has 0 fully saturated rings. The van der Waals surface area contributed by atoms with Crippen LogP contribution in [0.3, 0.4) is 0 Å². The highest BCUT2D eigenvalue weighted by atomic mass is 31.2. The molecule has 0 unspecified atom stereocenters. The normalized spacial score (nSPS) is 11.2. The van der Waals surface area contributed by atoms with Crippen LogP contribution in [0.25, 0.3) is 0 Å². The molecule has 0 saturated carbocycles. The fourth-order valence-corrected chi connectivity index (χ4v) is 1.67. The van der Waals surface area contributed by atoms with Crippen LogP contribution in [-0.4, -0.2) is 29.7 Å². The maximum atomic E-state index is 10.5. The van der Waals surface area contributed by atoms with Crippen molar-refractivity contribution in [2.75, 3.05) is 19.9 Å². The summed E-state index contributed by atoms with van der Waals surface area (Å²) in [5.74, 6) is 1.40. The Kier molecular flexibility index (Phi) is 4.80. The second kappa shape index (κ2) is 5.89. The molecule has 1 aromatic carbocycles. The molecular weight excluding hydrogens is 231 g/mol. The van der Waals surface area contributed by atoms with Gasteiger partial charge >= 0.3 is 7.60 Å². The van der Waals surface area contributed by atoms with E-state index in [1.165, 1.54) is 0 Å². The maximum absolute atomic E-state index is 10.5. The van der Waals surface area contributed by atoms with E-state index in [2.05, 4.69) is 0 Å². The molecule has 0 saturated heterocycles. The summed E-state index contributed by atoms with van der Waals surface area (Å²) in [5, 5.41) is 0. The number of methoxy groups -OCH3 is 1. The first-order chi connectivity index (χ1) is 7.51. The Morgan fingerprint density at radius 3 is 2.25 bits per heavy atom. The minimum Gasteiger partial charge on any atom is -0.497 e. The van der Waals surface area contributed by atoms with Gasteiger partial charge in [0.1, 0.15) is 11.5 Å². The second-order valence-electron chi connectivity index (χ2n) is 3.27. The molecule has 0 bridgehead atoms. The van der Waals surface area contributed by atoms with Crippen molar-refractivity contribution >= 4 is 7.60 Å². The van der Waals surface area contributed by atoms with Crippen LogP contribution in [-0.2, 0) is 4.57 Å². The van der Waals surface area contributed by atoms with E-state index in [9.17, 15) is 4.57 Å². The monoisotopic (exact) mass is 246 g/mol. The second-order valence-corrected chi connectivity index (χ2v) is 5.04. The Morgan fingerprint density at radius 2 is 1.75 bits per heavy atom. The summed E-state index contributed by atoms with van der Waals surface area (Å²) in [7, 11) is -2.32. The van der Waals surface area contributed by atoms with Gasteiger partial charge in [-0.05, 0) is 30.7 Å². The van der Waals surface area contributed by atoms with Gasteiger partial charge in [-0.2, -0.15) is 0 Å². The summed E-state index contributed by atoms with van der Waals surface area (Å²) >= 11 is 0. The molecule has 0 aliphatic carbocycles. The molecule has 0 aliphatic rings. The highest BCUT2D eigenvalue weighted by Gasteiger charge is 2.11. The third kappa shape index (κ3) is 5.16. The van der Waals surface area contributed by atoms with E-state index in [-0.39, 0.29) is 12.8 Å². The topological polar surface area (TPSA) is 76.0 Å². The Morgan fingerprint density at radius 1 is 1.19 bits per heavy atom. The molecule has 0 spiro atoms. The van der Waals surface area contributed by atoms with Crippen LogP contribution in [0, 0.1) is 0 Å². The molecule has 0 atom stereocenters. The van der Waals surface area contributed by atoms with Crippen LogP contribution in [0.5, 0.6) is 11.5 Å². The lowest BCUT2D eigenvalue weighted by atomic mass is 10.3. The lowest BCUT2D eigenvalue weighted by Gasteiger charge is -2.07. The third-order valence-electron chi connectivity index (χ3n) is 1.92. The first-order valence-electron chi connectivity index (χ1n) is 4.83. The molecule has 16 heavy (non-hydrogen) atoms. The number of hydrogen-bond acceptors (Lipinski definition) is 3. The van der Waals surface area contributed by atoms with Crippen molar-refractivity contribution in [3.05, 3.63) is 24.3 Å². The molecule has 90 valence electrons. The molecule has 6 heteroatoms. The van der Waals surface area contributed by atoms with Crippen LogP contribution in [0.2, 0.25) is 0 Å². The summed E-state index contributed by atoms with van der Waals surface area (Å²) in [6.45, 7) is 0.289. The van der Waals surface area contributed by atoms with Gasteiger partial charge < -0.3 is 19.3 Å². The van der Waals surface area contributed by atoms with Crippen LogP contribution in [0.15, 0.2) is 24.3 Å². The lowest BCUT2D eigenvalue weighted by Crippen LogP contribution is -2.00. The summed E-state index contributed by atoms with van der Waals surface area (Å²) in [4.78, 5) is 17.2. The predicted molar refractivity (Wildman–Crippen MR) is 60.0 cm³/mol. The zero-order valence-electron chi connectivity index (χ0n) is 9.00. The highest BCUT2D eigenvalue weighted by Crippen LogP contribution is 2.34.